The van der Waals surface area contributed by atoms with E-state index < -0.39 is 0 Å². The number of ketones is 1. The van der Waals surface area contributed by atoms with Gasteiger partial charge in [-0.3, -0.25) is 4.79 Å². The molecule has 0 aliphatic rings. The molecule has 2 heterocycles. The van der Waals surface area contributed by atoms with Crippen molar-refractivity contribution in [1.29, 1.82) is 0 Å². The number of benzene rings is 1. The van der Waals surface area contributed by atoms with Crippen molar-refractivity contribution in [2.75, 3.05) is 5.73 Å². The van der Waals surface area contributed by atoms with Crippen LogP contribution in [0, 0.1) is 6.92 Å². The van der Waals surface area contributed by atoms with Gasteiger partial charge in [0.05, 0.1) is 4.88 Å². The van der Waals surface area contributed by atoms with Gasteiger partial charge in [-0.1, -0.05) is 0 Å². The zero-order chi connectivity index (χ0) is 12.7. The van der Waals surface area contributed by atoms with Crippen LogP contribution in [0.25, 0.3) is 9.40 Å². The van der Waals surface area contributed by atoms with Gasteiger partial charge in [0.2, 0.25) is 5.78 Å². The smallest absolute Gasteiger partial charge is 0.203 e. The Morgan fingerprint density at radius 1 is 1.17 bits per heavy atom. The standard InChI is InChI=1S/C14H11NOS2/c1-8-6-9(15)2-3-10(8)14(16)13-7-12-11(18-13)4-5-17-12/h2-7H,15H2,1H3. The second kappa shape index (κ2) is 4.23. The Bertz CT molecular complexity index is 711. The molecule has 3 aromatic rings. The number of fused-ring (bicyclic) bond motifs is 1. The molecule has 0 atom stereocenters. The van der Waals surface area contributed by atoms with E-state index in [1.165, 1.54) is 9.40 Å². The monoisotopic (exact) mass is 273 g/mol. The van der Waals surface area contributed by atoms with Gasteiger partial charge in [-0.15, -0.1) is 22.7 Å². The minimum absolute atomic E-state index is 0.0842. The Balaban J connectivity index is 2.06. The molecule has 4 heteroatoms. The van der Waals surface area contributed by atoms with E-state index in [0.29, 0.717) is 5.69 Å². The molecule has 0 amide bonds. The Hall–Kier alpha value is -1.65. The second-order valence-electron chi connectivity index (χ2n) is 4.16. The fourth-order valence-electron chi connectivity index (χ4n) is 1.95. The third kappa shape index (κ3) is 1.83. The number of rotatable bonds is 2. The lowest BCUT2D eigenvalue weighted by molar-refractivity contribution is 0.104. The van der Waals surface area contributed by atoms with E-state index in [-0.39, 0.29) is 5.78 Å². The number of aryl methyl sites for hydroxylation is 1. The Kier molecular flexibility index (Phi) is 2.69. The molecule has 0 aliphatic carbocycles. The quantitative estimate of drug-likeness (QED) is 0.564. The molecule has 3 rings (SSSR count). The second-order valence-corrected chi connectivity index (χ2v) is 6.19. The van der Waals surface area contributed by atoms with Crippen LogP contribution >= 0.6 is 22.7 Å². The highest BCUT2D eigenvalue weighted by molar-refractivity contribution is 7.28. The van der Waals surface area contributed by atoms with Gasteiger partial charge >= 0.3 is 0 Å². The number of nitrogen functional groups attached to an aromatic ring is 1. The molecule has 2 N–H and O–H groups in total. The van der Waals surface area contributed by atoms with Gasteiger partial charge in [0.1, 0.15) is 0 Å². The van der Waals surface area contributed by atoms with Gasteiger partial charge in [0.25, 0.3) is 0 Å². The van der Waals surface area contributed by atoms with E-state index in [1.54, 1.807) is 34.8 Å². The first kappa shape index (κ1) is 11.4. The molecule has 0 saturated carbocycles. The summed E-state index contributed by atoms with van der Waals surface area (Å²) < 4.78 is 2.35. The Morgan fingerprint density at radius 2 is 2.00 bits per heavy atom. The first-order chi connectivity index (χ1) is 8.65. The number of thiophene rings is 2. The van der Waals surface area contributed by atoms with E-state index >= 15 is 0 Å². The number of hydrogen-bond donors (Lipinski definition) is 1. The lowest BCUT2D eigenvalue weighted by Crippen LogP contribution is -2.02. The van der Waals surface area contributed by atoms with Crippen LogP contribution in [-0.2, 0) is 0 Å². The SMILES string of the molecule is Cc1cc(N)ccc1C(=O)c1cc2sccc2s1. The molecule has 18 heavy (non-hydrogen) atoms. The summed E-state index contributed by atoms with van der Waals surface area (Å²) in [5.41, 5.74) is 8.06. The molecule has 90 valence electrons. The van der Waals surface area contributed by atoms with Crippen molar-refractivity contribution in [3.63, 3.8) is 0 Å². The van der Waals surface area contributed by atoms with Crippen molar-refractivity contribution in [3.8, 4) is 0 Å². The van der Waals surface area contributed by atoms with Crippen LogP contribution in [0.5, 0.6) is 0 Å². The van der Waals surface area contributed by atoms with Crippen LogP contribution in [0.1, 0.15) is 20.8 Å². The molecule has 0 aliphatic heterocycles. The largest absolute Gasteiger partial charge is 0.399 e. The van der Waals surface area contributed by atoms with Gasteiger partial charge in [-0.2, -0.15) is 0 Å². The molecule has 0 radical (unpaired) electrons. The highest BCUT2D eigenvalue weighted by Crippen LogP contribution is 2.31. The highest BCUT2D eigenvalue weighted by atomic mass is 32.1. The predicted octanol–water partition coefficient (Wildman–Crippen LogP) is 4.08. The third-order valence-electron chi connectivity index (χ3n) is 2.86. The van der Waals surface area contributed by atoms with Crippen molar-refractivity contribution in [1.82, 2.24) is 0 Å². The fourth-order valence-corrected chi connectivity index (χ4v) is 4.01. The van der Waals surface area contributed by atoms with E-state index in [2.05, 4.69) is 6.07 Å². The number of nitrogens with two attached hydrogens (primary N) is 1. The van der Waals surface area contributed by atoms with Crippen LogP contribution in [-0.4, -0.2) is 5.78 Å². The summed E-state index contributed by atoms with van der Waals surface area (Å²) in [6.07, 6.45) is 0. The average Bonchev–Trinajstić information content (AvgIpc) is 2.87. The Morgan fingerprint density at radius 3 is 2.72 bits per heavy atom. The van der Waals surface area contributed by atoms with E-state index in [4.69, 9.17) is 5.73 Å². The van der Waals surface area contributed by atoms with E-state index in [0.717, 1.165) is 16.0 Å². The van der Waals surface area contributed by atoms with Crippen LogP contribution in [0.3, 0.4) is 0 Å². The van der Waals surface area contributed by atoms with Crippen LogP contribution in [0.15, 0.2) is 35.7 Å². The fraction of sp³-hybridized carbons (Fsp3) is 0.0714. The van der Waals surface area contributed by atoms with Crippen LogP contribution < -0.4 is 5.73 Å². The van der Waals surface area contributed by atoms with Gasteiger partial charge < -0.3 is 5.73 Å². The van der Waals surface area contributed by atoms with Crippen molar-refractivity contribution in [2.24, 2.45) is 0 Å². The van der Waals surface area contributed by atoms with Crippen molar-refractivity contribution >= 4 is 43.5 Å². The van der Waals surface area contributed by atoms with Crippen molar-refractivity contribution in [2.45, 2.75) is 6.92 Å². The summed E-state index contributed by atoms with van der Waals surface area (Å²) in [7, 11) is 0. The third-order valence-corrected chi connectivity index (χ3v) is 4.95. The molecule has 0 fully saturated rings. The normalized spacial score (nSPS) is 10.9. The number of carbonyl (C=O) groups excluding carboxylic acids is 1. The molecule has 0 bridgehead atoms. The van der Waals surface area contributed by atoms with Crippen molar-refractivity contribution < 1.29 is 4.79 Å². The lowest BCUT2D eigenvalue weighted by Gasteiger charge is -2.04. The van der Waals surface area contributed by atoms with Gasteiger partial charge in [-0.25, -0.2) is 0 Å². The predicted molar refractivity (Wildman–Crippen MR) is 78.7 cm³/mol. The first-order valence-corrected chi connectivity index (χ1v) is 7.22. The number of carbonyl (C=O) groups is 1. The number of anilines is 1. The minimum atomic E-state index is 0.0842. The van der Waals surface area contributed by atoms with Crippen LogP contribution in [0.2, 0.25) is 0 Å². The zero-order valence-corrected chi connectivity index (χ0v) is 11.4. The molecule has 2 aromatic heterocycles. The maximum atomic E-state index is 12.4. The van der Waals surface area contributed by atoms with E-state index in [1.807, 2.05) is 24.4 Å². The molecule has 1 aromatic carbocycles. The first-order valence-electron chi connectivity index (χ1n) is 5.53. The maximum absolute atomic E-state index is 12.4. The topological polar surface area (TPSA) is 43.1 Å². The van der Waals surface area contributed by atoms with Gasteiger partial charge in [0, 0.05) is 20.7 Å². The summed E-state index contributed by atoms with van der Waals surface area (Å²) in [5, 5.41) is 2.05. The zero-order valence-electron chi connectivity index (χ0n) is 9.77. The van der Waals surface area contributed by atoms with E-state index in [9.17, 15) is 4.79 Å². The molecule has 2 nitrogen and oxygen atoms in total. The average molecular weight is 273 g/mol. The molecule has 0 saturated heterocycles. The molecular weight excluding hydrogens is 262 g/mol. The van der Waals surface area contributed by atoms with Gasteiger partial charge in [-0.05, 0) is 48.2 Å². The summed E-state index contributed by atoms with van der Waals surface area (Å²) in [6.45, 7) is 1.92. The molecular formula is C14H11NOS2. The molecule has 0 spiro atoms. The van der Waals surface area contributed by atoms with Crippen molar-refractivity contribution in [3.05, 3.63) is 51.7 Å². The van der Waals surface area contributed by atoms with Crippen LogP contribution in [0.4, 0.5) is 5.69 Å². The molecule has 0 unspecified atom stereocenters. The maximum Gasteiger partial charge on any atom is 0.203 e. The summed E-state index contributed by atoms with van der Waals surface area (Å²) in [5.74, 6) is 0.0842. The van der Waals surface area contributed by atoms with Gasteiger partial charge in [0.15, 0.2) is 0 Å². The highest BCUT2D eigenvalue weighted by Gasteiger charge is 2.15. The summed E-state index contributed by atoms with van der Waals surface area (Å²) >= 11 is 3.21. The summed E-state index contributed by atoms with van der Waals surface area (Å²) in [6, 6.07) is 9.44. The minimum Gasteiger partial charge on any atom is -0.399 e. The number of hydrogen-bond acceptors (Lipinski definition) is 4. The Labute approximate surface area is 113 Å². The lowest BCUT2D eigenvalue weighted by atomic mass is 10.0. The summed E-state index contributed by atoms with van der Waals surface area (Å²) in [4.78, 5) is 13.2.